The summed E-state index contributed by atoms with van der Waals surface area (Å²) in [5.41, 5.74) is 0.209. The summed E-state index contributed by atoms with van der Waals surface area (Å²) in [6.45, 7) is 0.597. The van der Waals surface area contributed by atoms with Crippen LogP contribution in [-0.4, -0.2) is 35.9 Å². The van der Waals surface area contributed by atoms with Crippen LogP contribution in [0.2, 0.25) is 0 Å². The maximum absolute atomic E-state index is 11.2. The first-order chi connectivity index (χ1) is 6.25. The fourth-order valence-electron chi connectivity index (χ4n) is 0.587. The average Bonchev–Trinajstić information content (AvgIpc) is 2.52. The van der Waals surface area contributed by atoms with Gasteiger partial charge in [-0.1, -0.05) is 4.49 Å². The van der Waals surface area contributed by atoms with Crippen molar-refractivity contribution in [1.29, 1.82) is 0 Å². The van der Waals surface area contributed by atoms with Crippen molar-refractivity contribution in [3.63, 3.8) is 0 Å². The topological polar surface area (TPSA) is 61.3 Å². The fraction of sp³-hybridized carbons (Fsp3) is 0.500. The van der Waals surface area contributed by atoms with Gasteiger partial charge in [0.05, 0.1) is 6.61 Å². The average molecular weight is 267 g/mol. The summed E-state index contributed by atoms with van der Waals surface area (Å²) in [5, 5.41) is 3.60. The van der Waals surface area contributed by atoms with Crippen LogP contribution in [0.4, 0.5) is 0 Å². The molecule has 0 atom stereocenters. The Balaban J connectivity index is 2.45. The van der Waals surface area contributed by atoms with Gasteiger partial charge in [0.2, 0.25) is 0 Å². The Labute approximate surface area is 87.3 Å². The van der Waals surface area contributed by atoms with Crippen LogP contribution in [0.1, 0.15) is 10.5 Å². The highest BCUT2D eigenvalue weighted by atomic mass is 79.9. The quantitative estimate of drug-likeness (QED) is 0.604. The maximum Gasteiger partial charge on any atom is 0.361 e. The molecule has 1 aromatic rings. The van der Waals surface area contributed by atoms with E-state index >= 15 is 0 Å². The number of ether oxygens (including phenoxy) is 2. The summed E-state index contributed by atoms with van der Waals surface area (Å²) >= 11 is 4.23. The minimum atomic E-state index is -0.488. The van der Waals surface area contributed by atoms with E-state index in [0.717, 1.165) is 11.5 Å². The minimum Gasteiger partial charge on any atom is -0.458 e. The molecule has 1 aromatic heterocycles. The lowest BCUT2D eigenvalue weighted by Gasteiger charge is -2.00. The standard InChI is InChI=1S/C6H7BrN2O3S/c1-11-2-3-12-6(10)4-5(7)13-9-8-4/h2-3H2,1H3. The monoisotopic (exact) mass is 266 g/mol. The number of nitrogens with zero attached hydrogens (tertiary/aromatic N) is 2. The Morgan fingerprint density at radius 1 is 1.62 bits per heavy atom. The SMILES string of the molecule is COCCOC(=O)c1nnsc1Br. The van der Waals surface area contributed by atoms with E-state index in [-0.39, 0.29) is 12.3 Å². The Bertz CT molecular complexity index is 291. The molecule has 0 fully saturated rings. The summed E-state index contributed by atoms with van der Waals surface area (Å²) in [7, 11) is 1.54. The second-order valence-electron chi connectivity index (χ2n) is 2.02. The van der Waals surface area contributed by atoms with E-state index in [2.05, 4.69) is 25.5 Å². The molecule has 0 spiro atoms. The lowest BCUT2D eigenvalue weighted by atomic mass is 10.5. The molecular formula is C6H7BrN2O3S. The lowest BCUT2D eigenvalue weighted by Crippen LogP contribution is -2.10. The van der Waals surface area contributed by atoms with E-state index in [1.807, 2.05) is 0 Å². The van der Waals surface area contributed by atoms with E-state index in [4.69, 9.17) is 9.47 Å². The molecule has 0 saturated carbocycles. The predicted molar refractivity (Wildman–Crippen MR) is 49.8 cm³/mol. The zero-order valence-electron chi connectivity index (χ0n) is 6.82. The van der Waals surface area contributed by atoms with Gasteiger partial charge in [-0.3, -0.25) is 0 Å². The molecule has 0 radical (unpaired) electrons. The minimum absolute atomic E-state index is 0.209. The summed E-state index contributed by atoms with van der Waals surface area (Å²) in [6, 6.07) is 0. The molecule has 0 N–H and O–H groups in total. The van der Waals surface area contributed by atoms with Gasteiger partial charge in [0.25, 0.3) is 0 Å². The smallest absolute Gasteiger partial charge is 0.361 e. The van der Waals surface area contributed by atoms with Gasteiger partial charge < -0.3 is 9.47 Å². The molecule has 1 heterocycles. The molecule has 0 aliphatic heterocycles. The normalized spacial score (nSPS) is 10.0. The van der Waals surface area contributed by atoms with Crippen molar-refractivity contribution in [1.82, 2.24) is 9.59 Å². The summed E-state index contributed by atoms with van der Waals surface area (Å²) in [4.78, 5) is 11.2. The van der Waals surface area contributed by atoms with Gasteiger partial charge in [-0.15, -0.1) is 5.10 Å². The lowest BCUT2D eigenvalue weighted by molar-refractivity contribution is 0.0380. The predicted octanol–water partition coefficient (Wildman–Crippen LogP) is 1.10. The first-order valence-corrected chi connectivity index (χ1v) is 4.96. The van der Waals surface area contributed by atoms with Gasteiger partial charge in [0.1, 0.15) is 10.4 Å². The number of aromatic nitrogens is 2. The Morgan fingerprint density at radius 2 is 2.38 bits per heavy atom. The van der Waals surface area contributed by atoms with Crippen molar-refractivity contribution in [2.24, 2.45) is 0 Å². The third kappa shape index (κ3) is 3.02. The Morgan fingerprint density at radius 3 is 2.92 bits per heavy atom. The van der Waals surface area contributed by atoms with Crippen molar-refractivity contribution in [3.8, 4) is 0 Å². The molecule has 0 aliphatic carbocycles. The van der Waals surface area contributed by atoms with Crippen LogP contribution in [0, 0.1) is 0 Å². The number of hydrogen-bond donors (Lipinski definition) is 0. The molecular weight excluding hydrogens is 260 g/mol. The number of hydrogen-bond acceptors (Lipinski definition) is 6. The molecule has 0 bridgehead atoms. The molecule has 5 nitrogen and oxygen atoms in total. The zero-order chi connectivity index (χ0) is 9.68. The van der Waals surface area contributed by atoms with Gasteiger partial charge in [-0.25, -0.2) is 4.79 Å². The van der Waals surface area contributed by atoms with Crippen molar-refractivity contribution in [2.45, 2.75) is 0 Å². The molecule has 72 valence electrons. The largest absolute Gasteiger partial charge is 0.458 e. The summed E-state index contributed by atoms with van der Waals surface area (Å²) < 4.78 is 13.7. The van der Waals surface area contributed by atoms with Gasteiger partial charge in [-0.05, 0) is 27.5 Å². The molecule has 0 amide bonds. The van der Waals surface area contributed by atoms with Gasteiger partial charge in [-0.2, -0.15) is 0 Å². The van der Waals surface area contributed by atoms with E-state index in [0.29, 0.717) is 10.4 Å². The number of rotatable bonds is 4. The summed E-state index contributed by atoms with van der Waals surface area (Å²) in [5.74, 6) is -0.488. The van der Waals surface area contributed by atoms with E-state index in [1.165, 1.54) is 7.11 Å². The van der Waals surface area contributed by atoms with E-state index in [1.54, 1.807) is 0 Å². The van der Waals surface area contributed by atoms with Crippen molar-refractivity contribution in [2.75, 3.05) is 20.3 Å². The van der Waals surface area contributed by atoms with Gasteiger partial charge in [0.15, 0.2) is 5.69 Å². The highest BCUT2D eigenvalue weighted by Gasteiger charge is 2.15. The maximum atomic E-state index is 11.2. The van der Waals surface area contributed by atoms with Crippen LogP contribution >= 0.6 is 27.5 Å². The first-order valence-electron chi connectivity index (χ1n) is 3.39. The second-order valence-corrected chi connectivity index (χ2v) is 4.10. The van der Waals surface area contributed by atoms with Crippen LogP contribution in [0.5, 0.6) is 0 Å². The van der Waals surface area contributed by atoms with Crippen LogP contribution in [0.25, 0.3) is 0 Å². The molecule has 0 unspecified atom stereocenters. The van der Waals surface area contributed by atoms with Crippen LogP contribution in [0.15, 0.2) is 3.79 Å². The zero-order valence-corrected chi connectivity index (χ0v) is 9.22. The first kappa shape index (κ1) is 10.6. The Hall–Kier alpha value is -0.530. The molecule has 13 heavy (non-hydrogen) atoms. The molecule has 0 aromatic carbocycles. The molecule has 1 rings (SSSR count). The highest BCUT2D eigenvalue weighted by molar-refractivity contribution is 9.11. The van der Waals surface area contributed by atoms with Crippen LogP contribution in [-0.2, 0) is 9.47 Å². The second kappa shape index (κ2) is 5.25. The third-order valence-corrected chi connectivity index (χ3v) is 2.49. The van der Waals surface area contributed by atoms with Crippen molar-refractivity contribution >= 4 is 33.4 Å². The molecule has 7 heteroatoms. The van der Waals surface area contributed by atoms with Crippen LogP contribution in [0.3, 0.4) is 0 Å². The van der Waals surface area contributed by atoms with Gasteiger partial charge in [0, 0.05) is 7.11 Å². The number of methoxy groups -OCH3 is 1. The van der Waals surface area contributed by atoms with Crippen LogP contribution < -0.4 is 0 Å². The molecule has 0 saturated heterocycles. The van der Waals surface area contributed by atoms with Crippen molar-refractivity contribution in [3.05, 3.63) is 9.48 Å². The number of halogens is 1. The van der Waals surface area contributed by atoms with Crippen molar-refractivity contribution < 1.29 is 14.3 Å². The Kier molecular flexibility index (Phi) is 4.26. The number of carbonyl (C=O) groups excluding carboxylic acids is 1. The molecule has 0 aliphatic rings. The van der Waals surface area contributed by atoms with E-state index < -0.39 is 5.97 Å². The third-order valence-electron chi connectivity index (χ3n) is 1.16. The summed E-state index contributed by atoms with van der Waals surface area (Å²) in [6.07, 6.45) is 0. The van der Waals surface area contributed by atoms with Gasteiger partial charge >= 0.3 is 5.97 Å². The fourth-order valence-corrected chi connectivity index (χ4v) is 1.43. The number of esters is 1. The number of carbonyl (C=O) groups is 1. The highest BCUT2D eigenvalue weighted by Crippen LogP contribution is 2.18. The van der Waals surface area contributed by atoms with E-state index in [9.17, 15) is 4.79 Å².